The third kappa shape index (κ3) is 2.34. The number of halogens is 1. The molecule has 0 saturated heterocycles. The Morgan fingerprint density at radius 1 is 1.33 bits per heavy atom. The van der Waals surface area contributed by atoms with Crippen molar-refractivity contribution >= 4 is 15.9 Å². The zero-order valence-electron chi connectivity index (χ0n) is 10.2. The minimum atomic E-state index is 0.358. The molecular weight excluding hydrogens is 298 g/mol. The highest BCUT2D eigenvalue weighted by molar-refractivity contribution is 9.10. The number of aromatic nitrogens is 2. The van der Waals surface area contributed by atoms with Crippen LogP contribution in [-0.4, -0.2) is 24.2 Å². The lowest BCUT2D eigenvalue weighted by molar-refractivity contribution is 0.395. The van der Waals surface area contributed by atoms with Gasteiger partial charge in [-0.05, 0) is 28.1 Å². The molecule has 0 radical (unpaired) electrons. The first-order chi connectivity index (χ1) is 8.69. The molecule has 0 aliphatic carbocycles. The Kier molecular flexibility index (Phi) is 3.88. The first-order valence-corrected chi connectivity index (χ1v) is 6.15. The number of nitrogens with two attached hydrogens (primary N) is 1. The number of H-pyrrole nitrogens is 1. The van der Waals surface area contributed by atoms with Crippen LogP contribution in [-0.2, 0) is 6.54 Å². The monoisotopic (exact) mass is 311 g/mol. The molecule has 0 amide bonds. The Bertz CT molecular complexity index is 554. The highest BCUT2D eigenvalue weighted by Crippen LogP contribution is 2.35. The lowest BCUT2D eigenvalue weighted by Crippen LogP contribution is -1.98. The molecule has 0 bridgehead atoms. The molecule has 0 saturated carbocycles. The minimum absolute atomic E-state index is 0.358. The average Bonchev–Trinajstić information content (AvgIpc) is 2.79. The van der Waals surface area contributed by atoms with Gasteiger partial charge in [-0.1, -0.05) is 0 Å². The van der Waals surface area contributed by atoms with Crippen molar-refractivity contribution in [2.75, 3.05) is 14.2 Å². The smallest absolute Gasteiger partial charge is 0.132 e. The summed E-state index contributed by atoms with van der Waals surface area (Å²) in [7, 11) is 3.23. The maximum atomic E-state index is 5.56. The SMILES string of the molecule is COc1ccc(-c2nc(CN)[nH]c2Br)c(OC)c1. The number of rotatable bonds is 4. The van der Waals surface area contributed by atoms with Crippen LogP contribution >= 0.6 is 15.9 Å². The topological polar surface area (TPSA) is 73.2 Å². The summed E-state index contributed by atoms with van der Waals surface area (Å²) in [6.45, 7) is 0.358. The van der Waals surface area contributed by atoms with Gasteiger partial charge in [0, 0.05) is 11.6 Å². The molecule has 0 fully saturated rings. The lowest BCUT2D eigenvalue weighted by Gasteiger charge is -2.08. The zero-order valence-corrected chi connectivity index (χ0v) is 11.7. The van der Waals surface area contributed by atoms with Crippen LogP contribution < -0.4 is 15.2 Å². The fourth-order valence-corrected chi connectivity index (χ4v) is 2.20. The molecule has 6 heteroatoms. The summed E-state index contributed by atoms with van der Waals surface area (Å²) in [4.78, 5) is 7.48. The van der Waals surface area contributed by atoms with Crippen LogP contribution in [0.5, 0.6) is 11.5 Å². The summed E-state index contributed by atoms with van der Waals surface area (Å²) in [6, 6.07) is 5.58. The third-order valence-electron chi connectivity index (χ3n) is 2.57. The molecule has 0 unspecified atom stereocenters. The van der Waals surface area contributed by atoms with Crippen LogP contribution in [0.1, 0.15) is 5.82 Å². The number of ether oxygens (including phenoxy) is 2. The molecule has 3 N–H and O–H groups in total. The quantitative estimate of drug-likeness (QED) is 0.908. The number of nitrogens with one attached hydrogen (secondary N) is 1. The van der Waals surface area contributed by atoms with Gasteiger partial charge < -0.3 is 20.2 Å². The molecule has 96 valence electrons. The molecule has 0 atom stereocenters. The van der Waals surface area contributed by atoms with Crippen LogP contribution in [0.4, 0.5) is 0 Å². The summed E-state index contributed by atoms with van der Waals surface area (Å²) in [5.74, 6) is 2.15. The molecular formula is C12H14BrN3O2. The van der Waals surface area contributed by atoms with Gasteiger partial charge in [-0.3, -0.25) is 0 Å². The van der Waals surface area contributed by atoms with E-state index in [1.165, 1.54) is 0 Å². The van der Waals surface area contributed by atoms with Gasteiger partial charge in [0.1, 0.15) is 27.6 Å². The fraction of sp³-hybridized carbons (Fsp3) is 0.250. The van der Waals surface area contributed by atoms with Gasteiger partial charge in [0.2, 0.25) is 0 Å². The second-order valence-electron chi connectivity index (χ2n) is 3.62. The van der Waals surface area contributed by atoms with Crippen LogP contribution in [0.3, 0.4) is 0 Å². The molecule has 1 aromatic heterocycles. The maximum Gasteiger partial charge on any atom is 0.132 e. The molecule has 18 heavy (non-hydrogen) atoms. The number of aromatic amines is 1. The van der Waals surface area contributed by atoms with Gasteiger partial charge in [-0.2, -0.15) is 0 Å². The van der Waals surface area contributed by atoms with E-state index < -0.39 is 0 Å². The fourth-order valence-electron chi connectivity index (χ4n) is 1.67. The Morgan fingerprint density at radius 2 is 2.11 bits per heavy atom. The summed E-state index contributed by atoms with van der Waals surface area (Å²) in [6.07, 6.45) is 0. The van der Waals surface area contributed by atoms with Gasteiger partial charge in [0.05, 0.1) is 20.8 Å². The predicted molar refractivity (Wildman–Crippen MR) is 72.7 cm³/mol. The molecule has 2 aromatic rings. The second kappa shape index (κ2) is 5.41. The number of hydrogen-bond acceptors (Lipinski definition) is 4. The van der Waals surface area contributed by atoms with Crippen LogP contribution in [0, 0.1) is 0 Å². The molecule has 0 aliphatic heterocycles. The van der Waals surface area contributed by atoms with Crippen LogP contribution in [0.15, 0.2) is 22.8 Å². The summed E-state index contributed by atoms with van der Waals surface area (Å²) < 4.78 is 11.3. The Morgan fingerprint density at radius 3 is 2.67 bits per heavy atom. The van der Waals surface area contributed by atoms with E-state index in [0.29, 0.717) is 12.3 Å². The van der Waals surface area contributed by atoms with Crippen molar-refractivity contribution in [3.05, 3.63) is 28.6 Å². The molecule has 1 heterocycles. The van der Waals surface area contributed by atoms with Gasteiger partial charge in [-0.15, -0.1) is 0 Å². The average molecular weight is 312 g/mol. The van der Waals surface area contributed by atoms with Crippen molar-refractivity contribution in [2.45, 2.75) is 6.54 Å². The first-order valence-electron chi connectivity index (χ1n) is 5.36. The van der Waals surface area contributed by atoms with E-state index in [-0.39, 0.29) is 0 Å². The van der Waals surface area contributed by atoms with E-state index in [0.717, 1.165) is 27.4 Å². The third-order valence-corrected chi connectivity index (χ3v) is 3.14. The summed E-state index contributed by atoms with van der Waals surface area (Å²) in [5, 5.41) is 0. The van der Waals surface area contributed by atoms with E-state index in [2.05, 4.69) is 25.9 Å². The van der Waals surface area contributed by atoms with Gasteiger partial charge in [0.25, 0.3) is 0 Å². The summed E-state index contributed by atoms with van der Waals surface area (Å²) >= 11 is 3.43. The number of methoxy groups -OCH3 is 2. The van der Waals surface area contributed by atoms with Gasteiger partial charge >= 0.3 is 0 Å². The maximum absolute atomic E-state index is 5.56. The highest BCUT2D eigenvalue weighted by Gasteiger charge is 2.14. The minimum Gasteiger partial charge on any atom is -0.497 e. The zero-order chi connectivity index (χ0) is 13.1. The van der Waals surface area contributed by atoms with Crippen molar-refractivity contribution in [1.29, 1.82) is 0 Å². The lowest BCUT2D eigenvalue weighted by atomic mass is 10.1. The van der Waals surface area contributed by atoms with Crippen molar-refractivity contribution in [3.63, 3.8) is 0 Å². The number of imidazole rings is 1. The van der Waals surface area contributed by atoms with Crippen LogP contribution in [0.2, 0.25) is 0 Å². The van der Waals surface area contributed by atoms with Crippen molar-refractivity contribution in [1.82, 2.24) is 9.97 Å². The molecule has 0 spiro atoms. The largest absolute Gasteiger partial charge is 0.497 e. The predicted octanol–water partition coefficient (Wildman–Crippen LogP) is 2.32. The summed E-state index contributed by atoms with van der Waals surface area (Å²) in [5.41, 5.74) is 7.21. The van der Waals surface area contributed by atoms with Crippen LogP contribution in [0.25, 0.3) is 11.3 Å². The van der Waals surface area contributed by atoms with Crippen molar-refractivity contribution in [3.8, 4) is 22.8 Å². The second-order valence-corrected chi connectivity index (χ2v) is 4.41. The molecule has 0 aliphatic rings. The number of hydrogen-bond donors (Lipinski definition) is 2. The Labute approximate surface area is 113 Å². The van der Waals surface area contributed by atoms with Crippen molar-refractivity contribution < 1.29 is 9.47 Å². The van der Waals surface area contributed by atoms with E-state index in [4.69, 9.17) is 15.2 Å². The van der Waals surface area contributed by atoms with E-state index >= 15 is 0 Å². The molecule has 2 rings (SSSR count). The van der Waals surface area contributed by atoms with Gasteiger partial charge in [0.15, 0.2) is 0 Å². The highest BCUT2D eigenvalue weighted by atomic mass is 79.9. The normalized spacial score (nSPS) is 10.4. The Hall–Kier alpha value is -1.53. The standard InChI is InChI=1S/C12H14BrN3O2/c1-17-7-3-4-8(9(5-7)18-2)11-12(13)16-10(6-14)15-11/h3-5H,6,14H2,1-2H3,(H,15,16). The van der Waals surface area contributed by atoms with Crippen molar-refractivity contribution in [2.24, 2.45) is 5.73 Å². The van der Waals surface area contributed by atoms with E-state index in [1.54, 1.807) is 14.2 Å². The Balaban J connectivity index is 2.52. The number of benzene rings is 1. The first kappa shape index (κ1) is 12.9. The molecule has 5 nitrogen and oxygen atoms in total. The van der Waals surface area contributed by atoms with E-state index in [9.17, 15) is 0 Å². The number of nitrogens with zero attached hydrogens (tertiary/aromatic N) is 1. The van der Waals surface area contributed by atoms with E-state index in [1.807, 2.05) is 18.2 Å². The van der Waals surface area contributed by atoms with Gasteiger partial charge in [-0.25, -0.2) is 4.98 Å². The molecule has 1 aromatic carbocycles.